The second kappa shape index (κ2) is 2.91. The highest BCUT2D eigenvalue weighted by atomic mass is 32.1. The number of aryl methyl sites for hydroxylation is 1. The monoisotopic (exact) mass is 210 g/mol. The summed E-state index contributed by atoms with van der Waals surface area (Å²) in [5.74, 6) is -1.11. The van der Waals surface area contributed by atoms with Crippen molar-refractivity contribution >= 4 is 33.9 Å². The predicted octanol–water partition coefficient (Wildman–Crippen LogP) is 1.15. The molecule has 2 heterocycles. The van der Waals surface area contributed by atoms with Crippen LogP contribution in [-0.2, 0) is 7.05 Å². The van der Waals surface area contributed by atoms with Crippen LogP contribution in [0.4, 0.5) is 0 Å². The highest BCUT2D eigenvalue weighted by molar-refractivity contribution is 7.17. The molecule has 72 valence electrons. The number of carboxylic acids is 1. The topological polar surface area (TPSA) is 72.2 Å². The Hall–Kier alpha value is -1.69. The van der Waals surface area contributed by atoms with Gasteiger partial charge in [0, 0.05) is 7.05 Å². The average molecular weight is 210 g/mol. The lowest BCUT2D eigenvalue weighted by Crippen LogP contribution is -2.07. The average Bonchev–Trinajstić information content (AvgIpc) is 2.67. The van der Waals surface area contributed by atoms with Gasteiger partial charge in [-0.2, -0.15) is 0 Å². The third kappa shape index (κ3) is 0.973. The van der Waals surface area contributed by atoms with Crippen LogP contribution in [0.2, 0.25) is 0 Å². The standard InChI is InChI=1S/C8H6N2O3S/c1-10-5(8(12)13)4(2-11)6-7(10)9-3-14-6/h2-3H,1H3,(H,12,13). The van der Waals surface area contributed by atoms with Crippen LogP contribution in [0.1, 0.15) is 20.8 Å². The lowest BCUT2D eigenvalue weighted by atomic mass is 10.2. The van der Waals surface area contributed by atoms with E-state index in [0.717, 1.165) is 0 Å². The van der Waals surface area contributed by atoms with E-state index in [4.69, 9.17) is 5.11 Å². The Morgan fingerprint density at radius 1 is 1.71 bits per heavy atom. The lowest BCUT2D eigenvalue weighted by molar-refractivity contribution is 0.0684. The fraction of sp³-hybridized carbons (Fsp3) is 0.125. The van der Waals surface area contributed by atoms with E-state index in [9.17, 15) is 9.59 Å². The van der Waals surface area contributed by atoms with E-state index in [1.165, 1.54) is 15.9 Å². The molecule has 0 aliphatic heterocycles. The predicted molar refractivity (Wildman–Crippen MR) is 50.9 cm³/mol. The summed E-state index contributed by atoms with van der Waals surface area (Å²) < 4.78 is 2.04. The normalized spacial score (nSPS) is 10.6. The number of rotatable bonds is 2. The quantitative estimate of drug-likeness (QED) is 0.754. The molecule has 14 heavy (non-hydrogen) atoms. The van der Waals surface area contributed by atoms with Crippen molar-refractivity contribution in [1.82, 2.24) is 9.55 Å². The zero-order valence-electron chi connectivity index (χ0n) is 7.22. The van der Waals surface area contributed by atoms with Gasteiger partial charge >= 0.3 is 5.97 Å². The number of aromatic carboxylic acids is 1. The number of aldehydes is 1. The van der Waals surface area contributed by atoms with Crippen LogP contribution < -0.4 is 0 Å². The SMILES string of the molecule is Cn1c(C(=O)O)c(C=O)c2scnc21. The Labute approximate surface area is 82.6 Å². The summed E-state index contributed by atoms with van der Waals surface area (Å²) in [7, 11) is 1.58. The molecular formula is C8H6N2O3S. The van der Waals surface area contributed by atoms with E-state index < -0.39 is 5.97 Å². The minimum absolute atomic E-state index is 0.00523. The van der Waals surface area contributed by atoms with Crippen molar-refractivity contribution in [1.29, 1.82) is 0 Å². The van der Waals surface area contributed by atoms with E-state index in [2.05, 4.69) is 4.98 Å². The van der Waals surface area contributed by atoms with Gasteiger partial charge in [-0.1, -0.05) is 0 Å². The van der Waals surface area contributed by atoms with E-state index >= 15 is 0 Å². The van der Waals surface area contributed by atoms with Crippen LogP contribution in [0, 0.1) is 0 Å². The van der Waals surface area contributed by atoms with E-state index in [-0.39, 0.29) is 11.3 Å². The van der Waals surface area contributed by atoms with Crippen LogP contribution in [-0.4, -0.2) is 26.9 Å². The molecule has 0 amide bonds. The smallest absolute Gasteiger partial charge is 0.353 e. The molecule has 0 radical (unpaired) electrons. The summed E-state index contributed by atoms with van der Waals surface area (Å²) in [5, 5.41) is 8.89. The summed E-state index contributed by atoms with van der Waals surface area (Å²) in [6.45, 7) is 0. The van der Waals surface area contributed by atoms with Gasteiger partial charge in [-0.15, -0.1) is 11.3 Å². The molecule has 1 N–H and O–H groups in total. The van der Waals surface area contributed by atoms with Crippen molar-refractivity contribution in [2.45, 2.75) is 0 Å². The van der Waals surface area contributed by atoms with Gasteiger partial charge in [-0.3, -0.25) is 4.79 Å². The molecule has 0 atom stereocenters. The van der Waals surface area contributed by atoms with Crippen molar-refractivity contribution in [2.75, 3.05) is 0 Å². The van der Waals surface area contributed by atoms with Gasteiger partial charge in [-0.05, 0) is 0 Å². The Kier molecular flexibility index (Phi) is 1.85. The van der Waals surface area contributed by atoms with Crippen molar-refractivity contribution in [3.63, 3.8) is 0 Å². The van der Waals surface area contributed by atoms with E-state index in [1.54, 1.807) is 12.6 Å². The van der Waals surface area contributed by atoms with Gasteiger partial charge in [0.2, 0.25) is 0 Å². The molecule has 0 saturated carbocycles. The molecule has 5 nitrogen and oxygen atoms in total. The number of thiazole rings is 1. The first-order valence-corrected chi connectivity index (χ1v) is 4.65. The molecule has 0 unspecified atom stereocenters. The molecule has 0 saturated heterocycles. The number of carbonyl (C=O) groups is 2. The van der Waals surface area contributed by atoms with Gasteiger partial charge in [-0.25, -0.2) is 9.78 Å². The maximum atomic E-state index is 10.9. The molecule has 0 fully saturated rings. The van der Waals surface area contributed by atoms with Gasteiger partial charge < -0.3 is 9.67 Å². The van der Waals surface area contributed by atoms with Gasteiger partial charge in [0.05, 0.1) is 15.8 Å². The second-order valence-electron chi connectivity index (χ2n) is 2.75. The Bertz CT molecular complexity index is 526. The molecule has 0 aromatic carbocycles. The van der Waals surface area contributed by atoms with E-state index in [1.807, 2.05) is 0 Å². The first-order valence-electron chi connectivity index (χ1n) is 3.77. The summed E-state index contributed by atoms with van der Waals surface area (Å²) in [4.78, 5) is 25.6. The first-order chi connectivity index (χ1) is 6.66. The maximum absolute atomic E-state index is 10.9. The van der Waals surface area contributed by atoms with Gasteiger partial charge in [0.1, 0.15) is 5.69 Å². The second-order valence-corrected chi connectivity index (χ2v) is 3.60. The number of carboxylic acid groups (broad SMARTS) is 1. The highest BCUT2D eigenvalue weighted by Crippen LogP contribution is 2.26. The van der Waals surface area contributed by atoms with Crippen LogP contribution in [0.5, 0.6) is 0 Å². The fourth-order valence-electron chi connectivity index (χ4n) is 1.43. The van der Waals surface area contributed by atoms with Crippen molar-refractivity contribution in [3.05, 3.63) is 16.8 Å². The number of fused-ring (bicyclic) bond motifs is 1. The minimum Gasteiger partial charge on any atom is -0.477 e. The molecule has 2 rings (SSSR count). The number of aromatic nitrogens is 2. The summed E-state index contributed by atoms with van der Waals surface area (Å²) in [6, 6.07) is 0. The van der Waals surface area contributed by atoms with Crippen LogP contribution in [0.15, 0.2) is 5.51 Å². The number of hydrogen-bond acceptors (Lipinski definition) is 4. The molecular weight excluding hydrogens is 204 g/mol. The minimum atomic E-state index is -1.11. The third-order valence-electron chi connectivity index (χ3n) is 2.02. The summed E-state index contributed by atoms with van der Waals surface area (Å²) >= 11 is 1.26. The third-order valence-corrected chi connectivity index (χ3v) is 2.87. The van der Waals surface area contributed by atoms with Crippen LogP contribution in [0.3, 0.4) is 0 Å². The summed E-state index contributed by atoms with van der Waals surface area (Å²) in [5.41, 5.74) is 2.32. The van der Waals surface area contributed by atoms with Crippen molar-refractivity contribution < 1.29 is 14.7 Å². The Morgan fingerprint density at radius 2 is 2.43 bits per heavy atom. The number of hydrogen-bond donors (Lipinski definition) is 1. The van der Waals surface area contributed by atoms with E-state index in [0.29, 0.717) is 16.6 Å². The largest absolute Gasteiger partial charge is 0.477 e. The zero-order chi connectivity index (χ0) is 10.3. The molecule has 6 heteroatoms. The molecule has 0 bridgehead atoms. The van der Waals surface area contributed by atoms with Crippen molar-refractivity contribution in [3.8, 4) is 0 Å². The molecule has 2 aromatic rings. The zero-order valence-corrected chi connectivity index (χ0v) is 8.04. The fourth-order valence-corrected chi connectivity index (χ4v) is 2.25. The molecule has 2 aromatic heterocycles. The first kappa shape index (κ1) is 8.89. The molecule has 0 aliphatic rings. The van der Waals surface area contributed by atoms with Gasteiger partial charge in [0.25, 0.3) is 0 Å². The lowest BCUT2D eigenvalue weighted by Gasteiger charge is -1.96. The van der Waals surface area contributed by atoms with Crippen LogP contribution in [0.25, 0.3) is 10.3 Å². The Morgan fingerprint density at radius 3 is 3.00 bits per heavy atom. The molecule has 0 spiro atoms. The van der Waals surface area contributed by atoms with Crippen LogP contribution >= 0.6 is 11.3 Å². The molecule has 0 aliphatic carbocycles. The number of carbonyl (C=O) groups excluding carboxylic acids is 1. The number of nitrogens with zero attached hydrogens (tertiary/aromatic N) is 2. The van der Waals surface area contributed by atoms with Gasteiger partial charge in [0.15, 0.2) is 11.9 Å². The van der Waals surface area contributed by atoms with Crippen molar-refractivity contribution in [2.24, 2.45) is 7.05 Å². The Balaban J connectivity index is 2.93. The maximum Gasteiger partial charge on any atom is 0.353 e. The highest BCUT2D eigenvalue weighted by Gasteiger charge is 2.21. The summed E-state index contributed by atoms with van der Waals surface area (Å²) in [6.07, 6.45) is 0.559.